The largest absolute Gasteiger partial charge is 0.324 e. The summed E-state index contributed by atoms with van der Waals surface area (Å²) in [6.45, 7) is 8.00. The van der Waals surface area contributed by atoms with Gasteiger partial charge in [0.2, 0.25) is 0 Å². The third-order valence-electron chi connectivity index (χ3n) is 2.48. The molecule has 0 unspecified atom stereocenters. The Morgan fingerprint density at radius 2 is 1.86 bits per heavy atom. The van der Waals surface area contributed by atoms with Crippen LogP contribution in [0.5, 0.6) is 0 Å². The second kappa shape index (κ2) is 7.81. The molecule has 0 spiro atoms. The van der Waals surface area contributed by atoms with Gasteiger partial charge in [-0.05, 0) is 31.3 Å². The van der Waals surface area contributed by atoms with E-state index in [1.165, 1.54) is 31.3 Å². The molecule has 84 valence electrons. The van der Waals surface area contributed by atoms with Crippen molar-refractivity contribution in [3.05, 3.63) is 23.3 Å². The Labute approximate surface area is 90.6 Å². The van der Waals surface area contributed by atoms with Gasteiger partial charge in [0.1, 0.15) is 0 Å². The van der Waals surface area contributed by atoms with Crippen LogP contribution >= 0.6 is 0 Å². The second-order valence-corrected chi connectivity index (χ2v) is 3.15. The highest BCUT2D eigenvalue weighted by Gasteiger charge is 2.20. The third-order valence-corrected chi connectivity index (χ3v) is 2.48. The molecule has 2 N–H and O–H groups in total. The first-order valence-corrected chi connectivity index (χ1v) is 6.02. The lowest BCUT2D eigenvalue weighted by molar-refractivity contribution is 0.756. The van der Waals surface area contributed by atoms with E-state index in [2.05, 4.69) is 12.2 Å². The monoisotopic (exact) mass is 197 g/mol. The van der Waals surface area contributed by atoms with E-state index in [9.17, 15) is 0 Å². The van der Waals surface area contributed by atoms with Gasteiger partial charge >= 0.3 is 0 Å². The molecule has 0 heterocycles. The zero-order valence-corrected chi connectivity index (χ0v) is 10.1. The van der Waals surface area contributed by atoms with Gasteiger partial charge in [0.05, 0.1) is 0 Å². The molecule has 0 saturated carbocycles. The van der Waals surface area contributed by atoms with Crippen LogP contribution in [-0.4, -0.2) is 6.04 Å². The average molecular weight is 197 g/mol. The van der Waals surface area contributed by atoms with Gasteiger partial charge in [-0.3, -0.25) is 0 Å². The van der Waals surface area contributed by atoms with Crippen LogP contribution in [0.3, 0.4) is 0 Å². The first kappa shape index (κ1) is 13.4. The van der Waals surface area contributed by atoms with E-state index < -0.39 is 0 Å². The van der Waals surface area contributed by atoms with Gasteiger partial charge in [0, 0.05) is 7.47 Å². The van der Waals surface area contributed by atoms with E-state index in [4.69, 9.17) is 5.73 Å². The molecule has 14 heavy (non-hydrogen) atoms. The highest BCUT2D eigenvalue weighted by Crippen LogP contribution is 2.32. The first-order valence-electron chi connectivity index (χ1n) is 6.02. The molecule has 2 aliphatic carbocycles. The maximum absolute atomic E-state index is 5.88. The van der Waals surface area contributed by atoms with Crippen molar-refractivity contribution in [1.29, 1.82) is 0 Å². The van der Waals surface area contributed by atoms with Crippen LogP contribution in [0.4, 0.5) is 0 Å². The molecular weight excluding hydrogens is 170 g/mol. The van der Waals surface area contributed by atoms with Crippen molar-refractivity contribution in [1.82, 2.24) is 0 Å². The molecule has 0 amide bonds. The topological polar surface area (TPSA) is 26.0 Å². The van der Waals surface area contributed by atoms with E-state index in [-0.39, 0.29) is 1.43 Å². The molecule has 0 aromatic heterocycles. The van der Waals surface area contributed by atoms with Gasteiger partial charge in [-0.15, -0.1) is 0 Å². The minimum Gasteiger partial charge on any atom is -0.324 e. The molecule has 0 aliphatic heterocycles. The van der Waals surface area contributed by atoms with Crippen LogP contribution in [0.1, 0.15) is 54.8 Å². The van der Waals surface area contributed by atoms with E-state index >= 15 is 0 Å². The van der Waals surface area contributed by atoms with E-state index in [1.54, 1.807) is 5.57 Å². The van der Waals surface area contributed by atoms with E-state index in [0.29, 0.717) is 6.04 Å². The Morgan fingerprint density at radius 3 is 2.43 bits per heavy atom. The first-order chi connectivity index (χ1) is 6.88. The fourth-order valence-corrected chi connectivity index (χ4v) is 1.87. The molecule has 0 radical (unpaired) electrons. The van der Waals surface area contributed by atoms with Crippen LogP contribution in [0.2, 0.25) is 0 Å². The predicted octanol–water partition coefficient (Wildman–Crippen LogP) is 4.05. The average Bonchev–Trinajstić information content (AvgIpc) is 2.67. The van der Waals surface area contributed by atoms with Crippen molar-refractivity contribution >= 4 is 0 Å². The van der Waals surface area contributed by atoms with Crippen LogP contribution in [0, 0.1) is 0 Å². The maximum atomic E-state index is 5.88. The lowest BCUT2D eigenvalue weighted by atomic mass is 9.99. The number of hydrogen-bond donors (Lipinski definition) is 1. The van der Waals surface area contributed by atoms with Crippen molar-refractivity contribution in [2.45, 2.75) is 59.4 Å². The minimum absolute atomic E-state index is 0. The summed E-state index contributed by atoms with van der Waals surface area (Å²) in [5.41, 5.74) is 8.94. The molecule has 0 bridgehead atoms. The Bertz CT molecular complexity index is 207. The van der Waals surface area contributed by atoms with Crippen LogP contribution in [0.15, 0.2) is 23.3 Å². The summed E-state index contributed by atoms with van der Waals surface area (Å²) in [5.74, 6) is 0. The molecule has 0 fully saturated rings. The Hall–Kier alpha value is -0.560. The quantitative estimate of drug-likeness (QED) is 0.623. The normalized spacial score (nSPS) is 23.1. The molecule has 0 aromatic carbocycles. The SMILES string of the molecule is CC.CC.N[C@@H]1CCC2=C1C=CCC2.[HH]. The fourth-order valence-electron chi connectivity index (χ4n) is 1.87. The van der Waals surface area contributed by atoms with Crippen molar-refractivity contribution in [2.24, 2.45) is 5.73 Å². The van der Waals surface area contributed by atoms with Gasteiger partial charge in [-0.25, -0.2) is 0 Å². The van der Waals surface area contributed by atoms with Crippen LogP contribution in [-0.2, 0) is 0 Å². The maximum Gasteiger partial charge on any atom is 0.0297 e. The predicted molar refractivity (Wildman–Crippen MR) is 67.4 cm³/mol. The molecule has 2 aliphatic rings. The molecule has 0 aromatic rings. The molecule has 0 saturated heterocycles. The van der Waals surface area contributed by atoms with Gasteiger partial charge < -0.3 is 5.73 Å². The number of rotatable bonds is 0. The van der Waals surface area contributed by atoms with Gasteiger partial charge in [-0.1, -0.05) is 45.4 Å². The number of nitrogens with two attached hydrogens (primary N) is 1. The van der Waals surface area contributed by atoms with Gasteiger partial charge in [0.25, 0.3) is 0 Å². The Kier molecular flexibility index (Phi) is 7.50. The van der Waals surface area contributed by atoms with Crippen molar-refractivity contribution in [2.75, 3.05) is 0 Å². The summed E-state index contributed by atoms with van der Waals surface area (Å²) < 4.78 is 0. The number of hydrogen-bond acceptors (Lipinski definition) is 1. The van der Waals surface area contributed by atoms with E-state index in [1.807, 2.05) is 27.7 Å². The lowest BCUT2D eigenvalue weighted by Gasteiger charge is -2.09. The summed E-state index contributed by atoms with van der Waals surface area (Å²) >= 11 is 0. The van der Waals surface area contributed by atoms with Crippen molar-refractivity contribution < 1.29 is 1.43 Å². The summed E-state index contributed by atoms with van der Waals surface area (Å²) in [6.07, 6.45) is 9.38. The van der Waals surface area contributed by atoms with Crippen LogP contribution in [0.25, 0.3) is 0 Å². The highest BCUT2D eigenvalue weighted by atomic mass is 14.6. The van der Waals surface area contributed by atoms with E-state index in [0.717, 1.165) is 0 Å². The third kappa shape index (κ3) is 3.30. The zero-order valence-electron chi connectivity index (χ0n) is 10.1. The minimum atomic E-state index is 0. The smallest absolute Gasteiger partial charge is 0.0297 e. The summed E-state index contributed by atoms with van der Waals surface area (Å²) in [7, 11) is 0. The number of allylic oxidation sites excluding steroid dienone is 2. The standard InChI is InChI=1S/C9H13N.2C2H6.H2/c10-9-6-5-7-3-1-2-4-8(7)9;2*1-2;/h2,4,9H,1,3,5-6,10H2;2*1-2H3;1H/t9-;;;/m1.../s1. The summed E-state index contributed by atoms with van der Waals surface area (Å²) in [6, 6.07) is 0.353. The Balaban J connectivity index is 0. The van der Waals surface area contributed by atoms with Gasteiger partial charge in [0.15, 0.2) is 0 Å². The molecule has 1 heteroatoms. The summed E-state index contributed by atoms with van der Waals surface area (Å²) in [4.78, 5) is 0. The summed E-state index contributed by atoms with van der Waals surface area (Å²) in [5, 5.41) is 0. The van der Waals surface area contributed by atoms with Crippen molar-refractivity contribution in [3.63, 3.8) is 0 Å². The lowest BCUT2D eigenvalue weighted by Crippen LogP contribution is -2.17. The molecule has 2 rings (SSSR count). The highest BCUT2D eigenvalue weighted by molar-refractivity contribution is 5.37. The fraction of sp³-hybridized carbons (Fsp3) is 0.692. The van der Waals surface area contributed by atoms with Gasteiger partial charge in [-0.2, -0.15) is 0 Å². The molecular formula is C13H27N. The Morgan fingerprint density at radius 1 is 1.21 bits per heavy atom. The zero-order chi connectivity index (χ0) is 11.0. The van der Waals surface area contributed by atoms with Crippen LogP contribution < -0.4 is 5.73 Å². The second-order valence-electron chi connectivity index (χ2n) is 3.15. The molecule has 1 atom stereocenters. The van der Waals surface area contributed by atoms with Crippen molar-refractivity contribution in [3.8, 4) is 0 Å². The molecule has 1 nitrogen and oxygen atoms in total.